The molecule has 2 N–H and O–H groups in total. The highest BCUT2D eigenvalue weighted by Gasteiger charge is 2.20. The van der Waals surface area contributed by atoms with Crippen LogP contribution in [0.25, 0.3) is 0 Å². The van der Waals surface area contributed by atoms with Crippen molar-refractivity contribution in [3.05, 3.63) is 69.8 Å². The zero-order valence-electron chi connectivity index (χ0n) is 14.6. The van der Waals surface area contributed by atoms with Crippen LogP contribution in [0.15, 0.2) is 48.5 Å². The number of carbonyl (C=O) groups is 1. The molecule has 1 aliphatic carbocycles. The number of hydrogen-bond donors (Lipinski definition) is 2. The Kier molecular flexibility index (Phi) is 5.84. The Hall–Kier alpha value is -2.89. The van der Waals surface area contributed by atoms with Gasteiger partial charge < -0.3 is 10.6 Å². The molecule has 0 saturated heterocycles. The second-order valence-corrected chi connectivity index (χ2v) is 6.55. The lowest BCUT2D eigenvalue weighted by molar-refractivity contribution is -0.384. The molecule has 3 rings (SSSR count). The first-order valence-electron chi connectivity index (χ1n) is 8.99. The van der Waals surface area contributed by atoms with Crippen LogP contribution in [0.3, 0.4) is 0 Å². The summed E-state index contributed by atoms with van der Waals surface area (Å²) in [6.45, 7) is 0.645. The van der Waals surface area contributed by atoms with Crippen molar-refractivity contribution >= 4 is 17.3 Å². The number of rotatable bonds is 7. The third-order valence-corrected chi connectivity index (χ3v) is 4.69. The number of carbonyl (C=O) groups excluding carboxylic acids is 1. The van der Waals surface area contributed by atoms with Gasteiger partial charge in [0.2, 0.25) is 5.91 Å². The molecule has 26 heavy (non-hydrogen) atoms. The number of amides is 1. The van der Waals surface area contributed by atoms with Gasteiger partial charge in [0.05, 0.1) is 11.0 Å². The molecule has 2 aromatic carbocycles. The molecule has 136 valence electrons. The summed E-state index contributed by atoms with van der Waals surface area (Å²) in [4.78, 5) is 22.4. The number of nitrogens with zero attached hydrogens (tertiary/aromatic N) is 1. The smallest absolute Gasteiger partial charge is 0.269 e. The molecule has 1 amide bonds. The Labute approximate surface area is 152 Å². The highest BCUT2D eigenvalue weighted by Crippen LogP contribution is 2.29. The Bertz CT molecular complexity index is 774. The van der Waals surface area contributed by atoms with Gasteiger partial charge in [0.15, 0.2) is 0 Å². The number of nitro benzene ring substituents is 1. The Morgan fingerprint density at radius 1 is 1.15 bits per heavy atom. The van der Waals surface area contributed by atoms with Gasteiger partial charge in [0.25, 0.3) is 5.69 Å². The average Bonchev–Trinajstić information content (AvgIpc) is 2.66. The zero-order valence-corrected chi connectivity index (χ0v) is 14.6. The fraction of sp³-hybridized carbons (Fsp3) is 0.350. The van der Waals surface area contributed by atoms with Crippen molar-refractivity contribution in [2.75, 3.05) is 11.9 Å². The van der Waals surface area contributed by atoms with E-state index in [1.54, 1.807) is 12.1 Å². The van der Waals surface area contributed by atoms with Crippen LogP contribution >= 0.6 is 0 Å². The number of aryl methyl sites for hydroxylation is 1. The topological polar surface area (TPSA) is 84.3 Å². The fourth-order valence-corrected chi connectivity index (χ4v) is 3.35. The molecule has 6 nitrogen and oxygen atoms in total. The molecular weight excluding hydrogens is 330 g/mol. The van der Waals surface area contributed by atoms with Gasteiger partial charge in [0.1, 0.15) is 0 Å². The SMILES string of the molecule is O=C(CCCNc1ccc([N+](=O)[O-])cc1)NC1CCCc2ccccc21. The first kappa shape index (κ1) is 17.9. The second kappa shape index (κ2) is 8.47. The summed E-state index contributed by atoms with van der Waals surface area (Å²) in [5, 5.41) is 17.0. The van der Waals surface area contributed by atoms with E-state index < -0.39 is 4.92 Å². The molecule has 2 aromatic rings. The summed E-state index contributed by atoms with van der Waals surface area (Å²) in [5.74, 6) is 0.0669. The van der Waals surface area contributed by atoms with Crippen molar-refractivity contribution in [2.24, 2.45) is 0 Å². The Morgan fingerprint density at radius 3 is 2.69 bits per heavy atom. The minimum absolute atomic E-state index is 0.0669. The zero-order chi connectivity index (χ0) is 18.4. The first-order chi connectivity index (χ1) is 12.6. The quantitative estimate of drug-likeness (QED) is 0.448. The molecule has 0 spiro atoms. The molecule has 0 bridgehead atoms. The number of anilines is 1. The van der Waals surface area contributed by atoms with E-state index >= 15 is 0 Å². The standard InChI is InChI=1S/C20H23N3O3/c24-20(22-19-8-3-6-15-5-1-2-7-18(15)19)9-4-14-21-16-10-12-17(13-11-16)23(25)26/h1-2,5,7,10-13,19,21H,3-4,6,8-9,14H2,(H,22,24). The monoisotopic (exact) mass is 353 g/mol. The molecule has 0 saturated carbocycles. The average molecular weight is 353 g/mol. The van der Waals surface area contributed by atoms with Gasteiger partial charge in [-0.05, 0) is 48.9 Å². The lowest BCUT2D eigenvalue weighted by atomic mass is 9.87. The maximum atomic E-state index is 12.2. The van der Waals surface area contributed by atoms with Crippen molar-refractivity contribution in [3.63, 3.8) is 0 Å². The van der Waals surface area contributed by atoms with Crippen LogP contribution in [-0.4, -0.2) is 17.4 Å². The van der Waals surface area contributed by atoms with Gasteiger partial charge in [-0.3, -0.25) is 14.9 Å². The minimum Gasteiger partial charge on any atom is -0.385 e. The summed E-state index contributed by atoms with van der Waals surface area (Å²) >= 11 is 0. The molecule has 0 aromatic heterocycles. The number of nitro groups is 1. The van der Waals surface area contributed by atoms with Gasteiger partial charge in [-0.15, -0.1) is 0 Å². The predicted octanol–water partition coefficient (Wildman–Crippen LogP) is 3.98. The van der Waals surface area contributed by atoms with Crippen molar-refractivity contribution < 1.29 is 9.72 Å². The molecule has 6 heteroatoms. The van der Waals surface area contributed by atoms with Crippen LogP contribution in [0.1, 0.15) is 42.9 Å². The van der Waals surface area contributed by atoms with E-state index in [2.05, 4.69) is 22.8 Å². The van der Waals surface area contributed by atoms with Crippen LogP contribution in [0, 0.1) is 10.1 Å². The lowest BCUT2D eigenvalue weighted by Gasteiger charge is -2.26. The maximum absolute atomic E-state index is 12.2. The van der Waals surface area contributed by atoms with Gasteiger partial charge in [-0.1, -0.05) is 24.3 Å². The largest absolute Gasteiger partial charge is 0.385 e. The number of non-ortho nitro benzene ring substituents is 1. The summed E-state index contributed by atoms with van der Waals surface area (Å²) in [6.07, 6.45) is 4.34. The van der Waals surface area contributed by atoms with E-state index in [1.807, 2.05) is 12.1 Å². The molecule has 1 atom stereocenters. The van der Waals surface area contributed by atoms with E-state index in [-0.39, 0.29) is 17.6 Å². The summed E-state index contributed by atoms with van der Waals surface area (Å²) in [5.41, 5.74) is 3.47. The van der Waals surface area contributed by atoms with Crippen LogP contribution in [0.2, 0.25) is 0 Å². The highest BCUT2D eigenvalue weighted by molar-refractivity contribution is 5.76. The maximum Gasteiger partial charge on any atom is 0.269 e. The van der Waals surface area contributed by atoms with Gasteiger partial charge >= 0.3 is 0 Å². The van der Waals surface area contributed by atoms with Crippen molar-refractivity contribution in [1.29, 1.82) is 0 Å². The van der Waals surface area contributed by atoms with Gasteiger partial charge in [-0.2, -0.15) is 0 Å². The summed E-state index contributed by atoms with van der Waals surface area (Å²) in [7, 11) is 0. The third kappa shape index (κ3) is 4.59. The number of nitrogens with one attached hydrogen (secondary N) is 2. The van der Waals surface area contributed by atoms with E-state index in [0.717, 1.165) is 24.9 Å². The second-order valence-electron chi connectivity index (χ2n) is 6.55. The normalized spacial score (nSPS) is 15.8. The van der Waals surface area contributed by atoms with Crippen LogP contribution in [-0.2, 0) is 11.2 Å². The van der Waals surface area contributed by atoms with Crippen LogP contribution in [0.4, 0.5) is 11.4 Å². The Morgan fingerprint density at radius 2 is 1.92 bits per heavy atom. The molecule has 1 unspecified atom stereocenters. The van der Waals surface area contributed by atoms with Crippen molar-refractivity contribution in [3.8, 4) is 0 Å². The number of fused-ring (bicyclic) bond motifs is 1. The lowest BCUT2D eigenvalue weighted by Crippen LogP contribution is -2.31. The van der Waals surface area contributed by atoms with Gasteiger partial charge in [0, 0.05) is 30.8 Å². The number of benzene rings is 2. The Balaban J connectivity index is 1.42. The molecular formula is C20H23N3O3. The molecule has 0 fully saturated rings. The summed E-state index contributed by atoms with van der Waals surface area (Å²) in [6, 6.07) is 14.7. The molecule has 0 heterocycles. The van der Waals surface area contributed by atoms with Crippen molar-refractivity contribution in [1.82, 2.24) is 5.32 Å². The van der Waals surface area contributed by atoms with E-state index in [0.29, 0.717) is 19.4 Å². The molecule has 1 aliphatic rings. The summed E-state index contributed by atoms with van der Waals surface area (Å²) < 4.78 is 0. The predicted molar refractivity (Wildman–Crippen MR) is 101 cm³/mol. The fourth-order valence-electron chi connectivity index (χ4n) is 3.35. The minimum atomic E-state index is -0.419. The number of hydrogen-bond acceptors (Lipinski definition) is 4. The molecule has 0 radical (unpaired) electrons. The van der Waals surface area contributed by atoms with Crippen molar-refractivity contribution in [2.45, 2.75) is 38.1 Å². The highest BCUT2D eigenvalue weighted by atomic mass is 16.6. The van der Waals surface area contributed by atoms with E-state index in [9.17, 15) is 14.9 Å². The van der Waals surface area contributed by atoms with Crippen LogP contribution in [0.5, 0.6) is 0 Å². The van der Waals surface area contributed by atoms with Gasteiger partial charge in [-0.25, -0.2) is 0 Å². The molecule has 0 aliphatic heterocycles. The van der Waals surface area contributed by atoms with Crippen LogP contribution < -0.4 is 10.6 Å². The van der Waals surface area contributed by atoms with E-state index in [4.69, 9.17) is 0 Å². The van der Waals surface area contributed by atoms with E-state index in [1.165, 1.54) is 23.3 Å². The first-order valence-corrected chi connectivity index (χ1v) is 8.99. The third-order valence-electron chi connectivity index (χ3n) is 4.69.